The molecule has 2 amide bonds. The molecule has 0 radical (unpaired) electrons. The summed E-state index contributed by atoms with van der Waals surface area (Å²) in [6.45, 7) is 4.54. The lowest BCUT2D eigenvalue weighted by atomic mass is 9.79. The van der Waals surface area contributed by atoms with Crippen LogP contribution in [-0.2, 0) is 0 Å². The summed E-state index contributed by atoms with van der Waals surface area (Å²) in [5, 5.41) is 5.87. The van der Waals surface area contributed by atoms with Crippen LogP contribution in [0.15, 0.2) is 24.3 Å². The first-order valence-corrected chi connectivity index (χ1v) is 6.97. The molecule has 0 bridgehead atoms. The number of nitrogens with one attached hydrogen (secondary N) is 2. The number of benzene rings is 1. The molecule has 4 nitrogen and oxygen atoms in total. The minimum absolute atomic E-state index is 0.141. The zero-order chi connectivity index (χ0) is 13.8. The quantitative estimate of drug-likeness (QED) is 0.716. The van der Waals surface area contributed by atoms with Crippen LogP contribution in [0.3, 0.4) is 0 Å². The fourth-order valence-electron chi connectivity index (χ4n) is 2.65. The number of hydrogen-bond donors (Lipinski definition) is 3. The first-order chi connectivity index (χ1) is 9.04. The summed E-state index contributed by atoms with van der Waals surface area (Å²) in [7, 11) is 0. The molecule has 104 valence electrons. The fraction of sp³-hybridized carbons (Fsp3) is 0.533. The van der Waals surface area contributed by atoms with Gasteiger partial charge in [0.1, 0.15) is 0 Å². The van der Waals surface area contributed by atoms with E-state index in [9.17, 15) is 4.79 Å². The number of amides is 2. The molecule has 1 saturated carbocycles. The van der Waals surface area contributed by atoms with Gasteiger partial charge in [-0.3, -0.25) is 0 Å². The molecule has 2 rings (SSSR count). The van der Waals surface area contributed by atoms with Gasteiger partial charge in [0.2, 0.25) is 0 Å². The Hall–Kier alpha value is -1.71. The number of nitrogen functional groups attached to an aromatic ring is 1. The summed E-state index contributed by atoms with van der Waals surface area (Å²) in [4.78, 5) is 11.9. The van der Waals surface area contributed by atoms with Gasteiger partial charge in [-0.05, 0) is 49.3 Å². The maximum Gasteiger partial charge on any atom is 0.319 e. The molecule has 4 N–H and O–H groups in total. The van der Waals surface area contributed by atoms with Crippen molar-refractivity contribution in [1.29, 1.82) is 0 Å². The highest BCUT2D eigenvalue weighted by Crippen LogP contribution is 2.29. The highest BCUT2D eigenvalue weighted by atomic mass is 16.2. The predicted molar refractivity (Wildman–Crippen MR) is 79.0 cm³/mol. The molecular formula is C15H23N3O. The molecule has 1 aromatic carbocycles. The van der Waals surface area contributed by atoms with E-state index >= 15 is 0 Å². The van der Waals surface area contributed by atoms with Crippen LogP contribution < -0.4 is 16.4 Å². The van der Waals surface area contributed by atoms with E-state index in [0.29, 0.717) is 11.6 Å². The van der Waals surface area contributed by atoms with E-state index in [2.05, 4.69) is 24.5 Å². The summed E-state index contributed by atoms with van der Waals surface area (Å²) in [6.07, 6.45) is 3.31. The van der Waals surface area contributed by atoms with E-state index in [1.54, 1.807) is 12.1 Å². The standard InChI is InChI=1S/C15H23N3O/c1-10-6-7-14(8-11(10)2)18-15(19)17-13-5-3-4-12(16)9-13/h3-5,9-11,14H,6-8,16H2,1-2H3,(H2,17,18,19). The minimum Gasteiger partial charge on any atom is -0.399 e. The number of carbonyl (C=O) groups excluding carboxylic acids is 1. The normalized spacial score (nSPS) is 26.7. The Bertz CT molecular complexity index is 447. The van der Waals surface area contributed by atoms with Gasteiger partial charge in [0.15, 0.2) is 0 Å². The second kappa shape index (κ2) is 5.95. The lowest BCUT2D eigenvalue weighted by Crippen LogP contribution is -2.41. The van der Waals surface area contributed by atoms with E-state index < -0.39 is 0 Å². The van der Waals surface area contributed by atoms with Crippen molar-refractivity contribution in [3.8, 4) is 0 Å². The predicted octanol–water partition coefficient (Wildman–Crippen LogP) is 3.22. The number of urea groups is 1. The first-order valence-electron chi connectivity index (χ1n) is 6.97. The Morgan fingerprint density at radius 3 is 2.74 bits per heavy atom. The van der Waals surface area contributed by atoms with Crippen LogP contribution in [0, 0.1) is 11.8 Å². The topological polar surface area (TPSA) is 67.2 Å². The van der Waals surface area contributed by atoms with Gasteiger partial charge in [0, 0.05) is 17.4 Å². The lowest BCUT2D eigenvalue weighted by molar-refractivity contribution is 0.215. The van der Waals surface area contributed by atoms with Gasteiger partial charge >= 0.3 is 6.03 Å². The van der Waals surface area contributed by atoms with Crippen molar-refractivity contribution in [2.45, 2.75) is 39.2 Å². The first kappa shape index (κ1) is 13.7. The van der Waals surface area contributed by atoms with E-state index in [4.69, 9.17) is 5.73 Å². The largest absolute Gasteiger partial charge is 0.399 e. The van der Waals surface area contributed by atoms with Crippen molar-refractivity contribution >= 4 is 17.4 Å². The molecule has 1 aromatic rings. The zero-order valence-electron chi connectivity index (χ0n) is 11.6. The SMILES string of the molecule is CC1CCC(NC(=O)Nc2cccc(N)c2)CC1C. The smallest absolute Gasteiger partial charge is 0.319 e. The molecule has 4 heteroatoms. The molecule has 1 fully saturated rings. The van der Waals surface area contributed by atoms with Crippen molar-refractivity contribution in [2.24, 2.45) is 11.8 Å². The number of carbonyl (C=O) groups is 1. The number of anilines is 2. The molecule has 3 atom stereocenters. The Morgan fingerprint density at radius 1 is 1.26 bits per heavy atom. The molecule has 0 aliphatic heterocycles. The molecule has 3 unspecified atom stereocenters. The number of hydrogen-bond acceptors (Lipinski definition) is 2. The van der Waals surface area contributed by atoms with E-state index in [-0.39, 0.29) is 12.1 Å². The van der Waals surface area contributed by atoms with Gasteiger partial charge in [-0.2, -0.15) is 0 Å². The maximum atomic E-state index is 11.9. The second-order valence-corrected chi connectivity index (χ2v) is 5.69. The third-order valence-electron chi connectivity index (χ3n) is 4.08. The minimum atomic E-state index is -0.141. The van der Waals surface area contributed by atoms with Gasteiger partial charge in [0.05, 0.1) is 0 Å². The molecule has 0 spiro atoms. The van der Waals surface area contributed by atoms with Gasteiger partial charge in [-0.1, -0.05) is 19.9 Å². The number of rotatable bonds is 2. The molecule has 0 aromatic heterocycles. The van der Waals surface area contributed by atoms with Crippen molar-refractivity contribution in [3.63, 3.8) is 0 Å². The van der Waals surface area contributed by atoms with Crippen molar-refractivity contribution < 1.29 is 4.79 Å². The van der Waals surface area contributed by atoms with E-state index in [1.165, 1.54) is 6.42 Å². The zero-order valence-corrected chi connectivity index (χ0v) is 11.6. The van der Waals surface area contributed by atoms with Gasteiger partial charge in [0.25, 0.3) is 0 Å². The summed E-state index contributed by atoms with van der Waals surface area (Å²) in [5.74, 6) is 1.43. The van der Waals surface area contributed by atoms with Crippen LogP contribution in [-0.4, -0.2) is 12.1 Å². The Kier molecular flexibility index (Phi) is 4.30. The average Bonchev–Trinajstić information content (AvgIpc) is 2.34. The Labute approximate surface area is 114 Å². The third-order valence-corrected chi connectivity index (χ3v) is 4.08. The van der Waals surface area contributed by atoms with Crippen molar-refractivity contribution in [2.75, 3.05) is 11.1 Å². The highest BCUT2D eigenvalue weighted by molar-refractivity contribution is 5.89. The second-order valence-electron chi connectivity index (χ2n) is 5.69. The summed E-state index contributed by atoms with van der Waals surface area (Å²) < 4.78 is 0. The van der Waals surface area contributed by atoms with Crippen LogP contribution in [0.2, 0.25) is 0 Å². The summed E-state index contributed by atoms with van der Waals surface area (Å²) in [5.41, 5.74) is 7.06. The van der Waals surface area contributed by atoms with Gasteiger partial charge in [-0.25, -0.2) is 4.79 Å². The van der Waals surface area contributed by atoms with E-state index in [0.717, 1.165) is 24.4 Å². The fourth-order valence-corrected chi connectivity index (χ4v) is 2.65. The summed E-state index contributed by atoms with van der Waals surface area (Å²) >= 11 is 0. The molecular weight excluding hydrogens is 238 g/mol. The highest BCUT2D eigenvalue weighted by Gasteiger charge is 2.25. The van der Waals surface area contributed by atoms with Crippen molar-refractivity contribution in [3.05, 3.63) is 24.3 Å². The van der Waals surface area contributed by atoms with Gasteiger partial charge in [-0.15, -0.1) is 0 Å². The maximum absolute atomic E-state index is 11.9. The van der Waals surface area contributed by atoms with Gasteiger partial charge < -0.3 is 16.4 Å². The Balaban J connectivity index is 1.85. The van der Waals surface area contributed by atoms with Crippen LogP contribution in [0.5, 0.6) is 0 Å². The molecule has 19 heavy (non-hydrogen) atoms. The average molecular weight is 261 g/mol. The summed E-state index contributed by atoms with van der Waals surface area (Å²) in [6, 6.07) is 7.36. The monoisotopic (exact) mass is 261 g/mol. The van der Waals surface area contributed by atoms with Crippen LogP contribution in [0.1, 0.15) is 33.1 Å². The molecule has 0 heterocycles. The van der Waals surface area contributed by atoms with Crippen LogP contribution in [0.25, 0.3) is 0 Å². The number of nitrogens with two attached hydrogens (primary N) is 1. The molecule has 1 aliphatic rings. The lowest BCUT2D eigenvalue weighted by Gasteiger charge is -2.32. The third kappa shape index (κ3) is 3.88. The van der Waals surface area contributed by atoms with E-state index in [1.807, 2.05) is 12.1 Å². The Morgan fingerprint density at radius 2 is 2.05 bits per heavy atom. The van der Waals surface area contributed by atoms with Crippen molar-refractivity contribution in [1.82, 2.24) is 5.32 Å². The van der Waals surface area contributed by atoms with Crippen LogP contribution >= 0.6 is 0 Å². The van der Waals surface area contributed by atoms with Crippen LogP contribution in [0.4, 0.5) is 16.2 Å². The molecule has 0 saturated heterocycles. The molecule has 1 aliphatic carbocycles.